The van der Waals surface area contributed by atoms with Crippen LogP contribution in [0.2, 0.25) is 13.1 Å². The van der Waals surface area contributed by atoms with Crippen molar-refractivity contribution in [2.24, 2.45) is 11.8 Å². The molecule has 0 spiro atoms. The van der Waals surface area contributed by atoms with E-state index in [0.29, 0.717) is 11.8 Å². The van der Waals surface area contributed by atoms with E-state index in [1.165, 1.54) is 11.1 Å². The van der Waals surface area contributed by atoms with Crippen molar-refractivity contribution in [3.63, 3.8) is 0 Å². The molecular weight excluding hydrogens is 363 g/mol. The van der Waals surface area contributed by atoms with E-state index >= 15 is 0 Å². The van der Waals surface area contributed by atoms with Crippen LogP contribution in [-0.2, 0) is 21.7 Å². The molecule has 0 N–H and O–H groups in total. The zero-order valence-electron chi connectivity index (χ0n) is 14.9. The molecule has 120 valence electrons. The average molecular weight is 389 g/mol. The van der Waals surface area contributed by atoms with E-state index in [0.717, 1.165) is 0 Å². The molecule has 0 bridgehead atoms. The molecule has 4 heteroatoms. The van der Waals surface area contributed by atoms with Gasteiger partial charge in [0, 0.05) is 0 Å². The molecule has 0 aromatic carbocycles. The molecule has 22 heavy (non-hydrogen) atoms. The van der Waals surface area contributed by atoms with E-state index in [9.17, 15) is 0 Å². The Morgan fingerprint density at radius 1 is 0.727 bits per heavy atom. The normalized spacial score (nSPS) is 24.4. The van der Waals surface area contributed by atoms with Gasteiger partial charge in [0.2, 0.25) is 0 Å². The summed E-state index contributed by atoms with van der Waals surface area (Å²) in [5.74, 6) is 0.990. The van der Waals surface area contributed by atoms with Gasteiger partial charge in [-0.05, 0) is 0 Å². The zero-order chi connectivity index (χ0) is 14.5. The maximum Gasteiger partial charge on any atom is 4.00 e. The summed E-state index contributed by atoms with van der Waals surface area (Å²) in [6.45, 7) is 18.6. The molecule has 0 amide bonds. The average Bonchev–Trinajstić information content (AvgIpc) is 2.66. The van der Waals surface area contributed by atoms with Crippen LogP contribution in [0, 0.1) is 24.0 Å². The number of allylic oxidation sites excluding steroid dienone is 8. The Morgan fingerprint density at radius 2 is 1.00 bits per heavy atom. The molecule has 0 heterocycles. The van der Waals surface area contributed by atoms with Crippen LogP contribution >= 0.6 is 0 Å². The summed E-state index contributed by atoms with van der Waals surface area (Å²) in [6, 6.07) is 0. The van der Waals surface area contributed by atoms with E-state index in [1.807, 2.05) is 0 Å². The molecule has 2 atom stereocenters. The van der Waals surface area contributed by atoms with Gasteiger partial charge in [-0.1, -0.05) is 74.5 Å². The van der Waals surface area contributed by atoms with E-state index < -0.39 is 8.07 Å². The van der Waals surface area contributed by atoms with Crippen molar-refractivity contribution in [3.05, 3.63) is 44.8 Å². The second kappa shape index (κ2) is 8.53. The molecule has 0 aliphatic heterocycles. The Balaban J connectivity index is 0. The minimum atomic E-state index is -1.61. The van der Waals surface area contributed by atoms with Gasteiger partial charge in [-0.2, -0.15) is 11.1 Å². The third-order valence-electron chi connectivity index (χ3n) is 4.95. The Bertz CT molecular complexity index is 505. The summed E-state index contributed by atoms with van der Waals surface area (Å²) in [7, 11) is -1.61. The monoisotopic (exact) mass is 388 g/mol. The van der Waals surface area contributed by atoms with Gasteiger partial charge in [0.05, 0.1) is 0 Å². The summed E-state index contributed by atoms with van der Waals surface area (Å²) >= 11 is 0. The molecule has 2 aliphatic carbocycles. The molecule has 2 unspecified atom stereocenters. The van der Waals surface area contributed by atoms with Crippen molar-refractivity contribution in [1.82, 2.24) is 0 Å². The van der Waals surface area contributed by atoms with Gasteiger partial charge in [0.25, 0.3) is 0 Å². The minimum absolute atomic E-state index is 0. The molecule has 0 nitrogen and oxygen atoms in total. The number of hydrogen-bond donors (Lipinski definition) is 0. The fraction of sp³-hybridized carbons (Fsp3) is 0.556. The van der Waals surface area contributed by atoms with Gasteiger partial charge in [0.1, 0.15) is 0 Å². The quantitative estimate of drug-likeness (QED) is 0.429. The van der Waals surface area contributed by atoms with Crippen LogP contribution in [0.15, 0.2) is 32.7 Å². The molecule has 2 rings (SSSR count). The minimum Gasteiger partial charge on any atom is -1.00 e. The first kappa shape index (κ1) is 24.7. The Morgan fingerprint density at radius 3 is 1.18 bits per heavy atom. The molecule has 0 radical (unpaired) electrons. The smallest absolute Gasteiger partial charge is 1.00 e. The Kier molecular flexibility index (Phi) is 9.59. The molecule has 0 fully saturated rings. The molecular formula is C18H26Cl2SiTi. The molecule has 0 saturated carbocycles. The summed E-state index contributed by atoms with van der Waals surface area (Å²) in [6.07, 6.45) is 7.22. The van der Waals surface area contributed by atoms with E-state index in [-0.39, 0.29) is 46.5 Å². The van der Waals surface area contributed by atoms with Crippen LogP contribution in [-0.4, -0.2) is 8.07 Å². The van der Waals surface area contributed by atoms with Crippen LogP contribution in [0.5, 0.6) is 0 Å². The maximum absolute atomic E-state index is 3.61. The predicted octanol–water partition coefficient (Wildman–Crippen LogP) is -0.790. The number of halogens is 2. The van der Waals surface area contributed by atoms with E-state index in [4.69, 9.17) is 0 Å². The standard InChI is InChI=1S/C18H26Si.2ClH.Ti/c1-11-9-13(3)17(15(11)5)19(7,8)18-14(4)10-12(2)16(18)6;;;/h11-12H,1-8H3;2*1H;/q-2;;;+4/p-2. The van der Waals surface area contributed by atoms with Gasteiger partial charge in [-0.15, -0.1) is 0 Å². The predicted molar refractivity (Wildman–Crippen MR) is 86.1 cm³/mol. The van der Waals surface area contributed by atoms with Gasteiger partial charge >= 0.3 is 21.7 Å². The molecule has 0 saturated heterocycles. The van der Waals surface area contributed by atoms with Crippen molar-refractivity contribution in [1.29, 1.82) is 0 Å². The summed E-state index contributed by atoms with van der Waals surface area (Å²) in [5.41, 5.74) is 5.88. The fourth-order valence-corrected chi connectivity index (χ4v) is 8.76. The SMILES string of the molecule is CC1=[C-]C(C)C(C)=C1[Si](C)(C)C1=C(C)C(C)[C-]=C1C.[Cl-].[Cl-].[Ti+4]. The number of hydrogen-bond acceptors (Lipinski definition) is 0. The number of rotatable bonds is 2. The van der Waals surface area contributed by atoms with Crippen molar-refractivity contribution in [3.8, 4) is 0 Å². The second-order valence-electron chi connectivity index (χ2n) is 6.72. The van der Waals surface area contributed by atoms with Gasteiger partial charge in [-0.3, -0.25) is 12.2 Å². The second-order valence-corrected chi connectivity index (χ2v) is 11.0. The van der Waals surface area contributed by atoms with Crippen molar-refractivity contribution in [2.45, 2.75) is 54.6 Å². The van der Waals surface area contributed by atoms with Crippen LogP contribution in [0.3, 0.4) is 0 Å². The third kappa shape index (κ3) is 3.92. The van der Waals surface area contributed by atoms with Crippen LogP contribution in [0.4, 0.5) is 0 Å². The first-order chi connectivity index (χ1) is 8.67. The Hall–Kier alpha value is 0.471. The zero-order valence-corrected chi connectivity index (χ0v) is 19.0. The third-order valence-corrected chi connectivity index (χ3v) is 8.99. The van der Waals surface area contributed by atoms with E-state index in [2.05, 4.69) is 66.8 Å². The van der Waals surface area contributed by atoms with Crippen molar-refractivity contribution >= 4 is 8.07 Å². The van der Waals surface area contributed by atoms with Crippen LogP contribution in [0.25, 0.3) is 0 Å². The topological polar surface area (TPSA) is 0 Å². The molecule has 0 aromatic rings. The Labute approximate surface area is 165 Å². The summed E-state index contributed by atoms with van der Waals surface area (Å²) in [5, 5.41) is 3.26. The molecule has 2 aliphatic rings. The van der Waals surface area contributed by atoms with Crippen LogP contribution in [0.1, 0.15) is 41.5 Å². The van der Waals surface area contributed by atoms with Crippen LogP contribution < -0.4 is 24.8 Å². The first-order valence-electron chi connectivity index (χ1n) is 7.31. The van der Waals surface area contributed by atoms with E-state index in [1.54, 1.807) is 21.5 Å². The van der Waals surface area contributed by atoms with Crippen molar-refractivity contribution in [2.75, 3.05) is 0 Å². The van der Waals surface area contributed by atoms with Gasteiger partial charge in [-0.25, -0.2) is 21.5 Å². The van der Waals surface area contributed by atoms with Crippen molar-refractivity contribution < 1.29 is 46.5 Å². The van der Waals surface area contributed by atoms with Gasteiger partial charge < -0.3 is 24.8 Å². The van der Waals surface area contributed by atoms with Gasteiger partial charge in [0.15, 0.2) is 0 Å². The summed E-state index contributed by atoms with van der Waals surface area (Å²) in [4.78, 5) is 0. The largest absolute Gasteiger partial charge is 4.00 e. The summed E-state index contributed by atoms with van der Waals surface area (Å²) < 4.78 is 0. The maximum atomic E-state index is 3.61. The molecule has 0 aromatic heterocycles. The first-order valence-corrected chi connectivity index (χ1v) is 10.3. The fourth-order valence-electron chi connectivity index (χ4n) is 4.08.